The molecule has 154 valence electrons. The molecule has 1 aromatic rings. The molecule has 1 fully saturated rings. The summed E-state index contributed by atoms with van der Waals surface area (Å²) in [5.41, 5.74) is 0.326. The summed E-state index contributed by atoms with van der Waals surface area (Å²) in [6.07, 6.45) is 2.22. The summed E-state index contributed by atoms with van der Waals surface area (Å²) in [6, 6.07) is 4.84. The van der Waals surface area contributed by atoms with E-state index in [0.29, 0.717) is 31.0 Å². The van der Waals surface area contributed by atoms with Crippen molar-refractivity contribution in [2.75, 3.05) is 27.5 Å². The lowest BCUT2D eigenvalue weighted by atomic mass is 9.84. The Balaban J connectivity index is 2.00. The van der Waals surface area contributed by atoms with Gasteiger partial charge in [0.25, 0.3) is 0 Å². The van der Waals surface area contributed by atoms with Gasteiger partial charge in [-0.25, -0.2) is 4.79 Å². The lowest BCUT2D eigenvalue weighted by Crippen LogP contribution is -2.62. The van der Waals surface area contributed by atoms with E-state index in [0.717, 1.165) is 18.4 Å². The van der Waals surface area contributed by atoms with Crippen LogP contribution in [0.15, 0.2) is 18.2 Å². The van der Waals surface area contributed by atoms with Gasteiger partial charge in [0.05, 0.1) is 25.9 Å². The van der Waals surface area contributed by atoms with Crippen molar-refractivity contribution in [2.45, 2.75) is 57.2 Å². The molecule has 7 heteroatoms. The van der Waals surface area contributed by atoms with Gasteiger partial charge in [-0.2, -0.15) is 0 Å². The quantitative estimate of drug-likeness (QED) is 0.753. The van der Waals surface area contributed by atoms with E-state index in [1.54, 1.807) is 25.3 Å². The number of carbonyl (C=O) groups is 2. The van der Waals surface area contributed by atoms with Crippen LogP contribution in [0.1, 0.15) is 62.0 Å². The smallest absolute Gasteiger partial charge is 0.337 e. The van der Waals surface area contributed by atoms with E-state index in [2.05, 4.69) is 19.2 Å². The average Bonchev–Trinajstić information content (AvgIpc) is 2.98. The van der Waals surface area contributed by atoms with Gasteiger partial charge in [0.1, 0.15) is 11.8 Å². The summed E-state index contributed by atoms with van der Waals surface area (Å²) in [7, 11) is 2.97. The molecule has 28 heavy (non-hydrogen) atoms. The van der Waals surface area contributed by atoms with E-state index in [9.17, 15) is 9.59 Å². The fraction of sp³-hybridized carbons (Fsp3) is 0.619. The minimum absolute atomic E-state index is 0.0784. The summed E-state index contributed by atoms with van der Waals surface area (Å²) in [5.74, 6) is 0.323. The third kappa shape index (κ3) is 3.37. The van der Waals surface area contributed by atoms with Gasteiger partial charge in [0.2, 0.25) is 5.91 Å². The molecule has 0 bridgehead atoms. The summed E-state index contributed by atoms with van der Waals surface area (Å²) in [5, 5.41) is 3.57. The third-order valence-electron chi connectivity index (χ3n) is 6.18. The van der Waals surface area contributed by atoms with Crippen LogP contribution in [0.25, 0.3) is 0 Å². The monoisotopic (exact) mass is 390 g/mol. The van der Waals surface area contributed by atoms with Gasteiger partial charge in [-0.15, -0.1) is 0 Å². The maximum absolute atomic E-state index is 13.2. The molecule has 1 saturated heterocycles. The predicted octanol–water partition coefficient (Wildman–Crippen LogP) is 2.65. The highest BCUT2D eigenvalue weighted by Gasteiger charge is 2.51. The average molecular weight is 390 g/mol. The SMILES string of the molecule is CCC1(CC)CC(=O)N(C2c3cc(C(=O)OC)ccc3OC2(C)COC)CN1. The number of hydrogen-bond donors (Lipinski definition) is 1. The fourth-order valence-corrected chi connectivity index (χ4v) is 4.41. The molecule has 2 unspecified atom stereocenters. The molecule has 7 nitrogen and oxygen atoms in total. The minimum Gasteiger partial charge on any atom is -0.482 e. The van der Waals surface area contributed by atoms with E-state index in [1.165, 1.54) is 7.11 Å². The van der Waals surface area contributed by atoms with Crippen LogP contribution in [0.3, 0.4) is 0 Å². The molecule has 0 spiro atoms. The zero-order valence-electron chi connectivity index (χ0n) is 17.3. The van der Waals surface area contributed by atoms with Gasteiger partial charge >= 0.3 is 5.97 Å². The van der Waals surface area contributed by atoms with E-state index < -0.39 is 11.6 Å². The summed E-state index contributed by atoms with van der Waals surface area (Å²) in [6.45, 7) is 6.88. The molecule has 2 atom stereocenters. The number of rotatable bonds is 6. The molecule has 3 rings (SSSR count). The topological polar surface area (TPSA) is 77.1 Å². The summed E-state index contributed by atoms with van der Waals surface area (Å²) >= 11 is 0. The number of fused-ring (bicyclic) bond motifs is 1. The lowest BCUT2D eigenvalue weighted by Gasteiger charge is -2.46. The maximum atomic E-state index is 13.2. The van der Waals surface area contributed by atoms with Crippen molar-refractivity contribution in [1.82, 2.24) is 10.2 Å². The van der Waals surface area contributed by atoms with Crippen molar-refractivity contribution in [3.63, 3.8) is 0 Å². The molecule has 0 radical (unpaired) electrons. The Labute approximate surface area is 166 Å². The Bertz CT molecular complexity index is 761. The normalized spacial score (nSPS) is 26.0. The van der Waals surface area contributed by atoms with Crippen LogP contribution >= 0.6 is 0 Å². The largest absolute Gasteiger partial charge is 0.482 e. The Hall–Kier alpha value is -2.12. The number of nitrogens with one attached hydrogen (secondary N) is 1. The van der Waals surface area contributed by atoms with Crippen molar-refractivity contribution in [3.05, 3.63) is 29.3 Å². The first-order valence-corrected chi connectivity index (χ1v) is 9.77. The lowest BCUT2D eigenvalue weighted by molar-refractivity contribution is -0.147. The second-order valence-corrected chi connectivity index (χ2v) is 7.86. The maximum Gasteiger partial charge on any atom is 0.337 e. The van der Waals surface area contributed by atoms with Gasteiger partial charge in [0, 0.05) is 24.6 Å². The number of carbonyl (C=O) groups excluding carboxylic acids is 2. The Morgan fingerprint density at radius 1 is 1.32 bits per heavy atom. The Kier molecular flexibility index (Phi) is 5.68. The highest BCUT2D eigenvalue weighted by molar-refractivity contribution is 5.90. The highest BCUT2D eigenvalue weighted by Crippen LogP contribution is 2.48. The number of nitrogens with zero attached hydrogens (tertiary/aromatic N) is 1. The van der Waals surface area contributed by atoms with E-state index in [-0.39, 0.29) is 17.5 Å². The molecule has 0 aliphatic carbocycles. The van der Waals surface area contributed by atoms with Crippen molar-refractivity contribution in [3.8, 4) is 5.75 Å². The van der Waals surface area contributed by atoms with Crippen LogP contribution in [-0.4, -0.2) is 55.4 Å². The Morgan fingerprint density at radius 2 is 2.04 bits per heavy atom. The molecular formula is C21H30N2O5. The second-order valence-electron chi connectivity index (χ2n) is 7.86. The molecule has 1 N–H and O–H groups in total. The van der Waals surface area contributed by atoms with E-state index in [4.69, 9.17) is 14.2 Å². The zero-order chi connectivity index (χ0) is 20.5. The van der Waals surface area contributed by atoms with Crippen LogP contribution in [0.4, 0.5) is 0 Å². The molecule has 2 heterocycles. The molecule has 1 aromatic carbocycles. The number of amides is 1. The molecular weight excluding hydrogens is 360 g/mol. The number of hydrogen-bond acceptors (Lipinski definition) is 6. The van der Waals surface area contributed by atoms with E-state index >= 15 is 0 Å². The van der Waals surface area contributed by atoms with Gasteiger partial charge in [-0.1, -0.05) is 13.8 Å². The van der Waals surface area contributed by atoms with Crippen LogP contribution in [-0.2, 0) is 14.3 Å². The van der Waals surface area contributed by atoms with Gasteiger partial charge in [-0.05, 0) is 38.0 Å². The molecule has 2 aliphatic rings. The first-order chi connectivity index (χ1) is 13.3. The van der Waals surface area contributed by atoms with Crippen LogP contribution in [0.2, 0.25) is 0 Å². The minimum atomic E-state index is -0.748. The van der Waals surface area contributed by atoms with Crippen molar-refractivity contribution >= 4 is 11.9 Å². The summed E-state index contributed by atoms with van der Waals surface area (Å²) < 4.78 is 16.5. The number of benzene rings is 1. The molecule has 2 aliphatic heterocycles. The zero-order valence-corrected chi connectivity index (χ0v) is 17.3. The van der Waals surface area contributed by atoms with Crippen LogP contribution in [0, 0.1) is 0 Å². The second kappa shape index (κ2) is 7.72. The number of methoxy groups -OCH3 is 2. The van der Waals surface area contributed by atoms with Gasteiger partial charge in [0.15, 0.2) is 5.60 Å². The van der Waals surface area contributed by atoms with Crippen molar-refractivity contribution in [2.24, 2.45) is 0 Å². The molecule has 0 saturated carbocycles. The van der Waals surface area contributed by atoms with Gasteiger partial charge in [-0.3, -0.25) is 10.1 Å². The van der Waals surface area contributed by atoms with Crippen molar-refractivity contribution < 1.29 is 23.8 Å². The standard InChI is InChI=1S/C21H30N2O5/c1-6-21(7-2)11-17(24)23(13-22-21)18-15-10-14(19(25)27-5)8-9-16(15)28-20(18,3)12-26-4/h8-10,18,22H,6-7,11-13H2,1-5H3. The first-order valence-electron chi connectivity index (χ1n) is 9.77. The predicted molar refractivity (Wildman–Crippen MR) is 104 cm³/mol. The third-order valence-corrected chi connectivity index (χ3v) is 6.18. The first kappa shape index (κ1) is 20.6. The number of esters is 1. The van der Waals surface area contributed by atoms with E-state index in [1.807, 2.05) is 11.8 Å². The van der Waals surface area contributed by atoms with Crippen molar-refractivity contribution in [1.29, 1.82) is 0 Å². The number of ether oxygens (including phenoxy) is 3. The van der Waals surface area contributed by atoms with Gasteiger partial charge < -0.3 is 19.1 Å². The highest BCUT2D eigenvalue weighted by atomic mass is 16.5. The fourth-order valence-electron chi connectivity index (χ4n) is 4.41. The molecule has 0 aromatic heterocycles. The van der Waals surface area contributed by atoms with Crippen LogP contribution < -0.4 is 10.1 Å². The summed E-state index contributed by atoms with van der Waals surface area (Å²) in [4.78, 5) is 27.0. The molecule has 1 amide bonds. The van der Waals surface area contributed by atoms with Crippen LogP contribution in [0.5, 0.6) is 5.75 Å². The Morgan fingerprint density at radius 3 is 2.61 bits per heavy atom.